The van der Waals surface area contributed by atoms with Crippen molar-refractivity contribution in [2.24, 2.45) is 17.8 Å². The zero-order valence-corrected chi connectivity index (χ0v) is 11.0. The second-order valence-electron chi connectivity index (χ2n) is 5.42. The van der Waals surface area contributed by atoms with Gasteiger partial charge < -0.3 is 5.32 Å². The number of halogens is 3. The van der Waals surface area contributed by atoms with Crippen molar-refractivity contribution in [2.75, 3.05) is 6.54 Å². The molecule has 17 heavy (non-hydrogen) atoms. The average molecular weight is 251 g/mol. The SMILES string of the molecule is CCNC(C(C)C)C1CCCCC1C(F)(F)F. The van der Waals surface area contributed by atoms with Gasteiger partial charge in [0.15, 0.2) is 0 Å². The van der Waals surface area contributed by atoms with Crippen LogP contribution in [0.3, 0.4) is 0 Å². The second kappa shape index (κ2) is 6.07. The summed E-state index contributed by atoms with van der Waals surface area (Å²) in [7, 11) is 0. The maximum Gasteiger partial charge on any atom is 0.392 e. The van der Waals surface area contributed by atoms with Crippen molar-refractivity contribution >= 4 is 0 Å². The van der Waals surface area contributed by atoms with Gasteiger partial charge in [-0.25, -0.2) is 0 Å². The molecule has 0 bridgehead atoms. The fourth-order valence-electron chi connectivity index (χ4n) is 3.11. The predicted molar refractivity (Wildman–Crippen MR) is 63.8 cm³/mol. The van der Waals surface area contributed by atoms with Crippen molar-refractivity contribution in [2.45, 2.75) is 58.7 Å². The van der Waals surface area contributed by atoms with E-state index < -0.39 is 12.1 Å². The first-order valence-electron chi connectivity index (χ1n) is 6.68. The quantitative estimate of drug-likeness (QED) is 0.796. The predicted octanol–water partition coefficient (Wildman–Crippen LogP) is 3.99. The molecule has 3 atom stereocenters. The monoisotopic (exact) mass is 251 g/mol. The molecule has 1 nitrogen and oxygen atoms in total. The molecule has 3 unspecified atom stereocenters. The van der Waals surface area contributed by atoms with Gasteiger partial charge in [0, 0.05) is 6.04 Å². The molecule has 0 aliphatic heterocycles. The minimum Gasteiger partial charge on any atom is -0.314 e. The number of alkyl halides is 3. The Bertz CT molecular complexity index is 225. The highest BCUT2D eigenvalue weighted by molar-refractivity contribution is 4.89. The Kier molecular flexibility index (Phi) is 5.29. The minimum absolute atomic E-state index is 0.00748. The Morgan fingerprint density at radius 3 is 2.24 bits per heavy atom. The first-order valence-corrected chi connectivity index (χ1v) is 6.68. The van der Waals surface area contributed by atoms with E-state index in [9.17, 15) is 13.2 Å². The molecule has 1 rings (SSSR count). The molecule has 0 radical (unpaired) electrons. The van der Waals surface area contributed by atoms with Crippen LogP contribution in [0.1, 0.15) is 46.5 Å². The maximum absolute atomic E-state index is 13.0. The van der Waals surface area contributed by atoms with E-state index in [1.807, 2.05) is 20.8 Å². The standard InChI is InChI=1S/C13H24F3N/c1-4-17-12(9(2)3)10-7-5-6-8-11(10)13(14,15)16/h9-12,17H,4-8H2,1-3H3. The van der Waals surface area contributed by atoms with Gasteiger partial charge in [-0.15, -0.1) is 0 Å². The number of nitrogens with one attached hydrogen (secondary N) is 1. The molecule has 0 saturated heterocycles. The molecular formula is C13H24F3N. The summed E-state index contributed by atoms with van der Waals surface area (Å²) in [5, 5.41) is 3.25. The van der Waals surface area contributed by atoms with Gasteiger partial charge in [-0.1, -0.05) is 33.6 Å². The highest BCUT2D eigenvalue weighted by atomic mass is 19.4. The zero-order chi connectivity index (χ0) is 13.1. The van der Waals surface area contributed by atoms with Crippen LogP contribution in [0.15, 0.2) is 0 Å². The average Bonchev–Trinajstić information content (AvgIpc) is 2.24. The van der Waals surface area contributed by atoms with E-state index in [1.165, 1.54) is 0 Å². The third-order valence-corrected chi connectivity index (χ3v) is 3.86. The van der Waals surface area contributed by atoms with Crippen molar-refractivity contribution in [1.29, 1.82) is 0 Å². The Hall–Kier alpha value is -0.250. The lowest BCUT2D eigenvalue weighted by Crippen LogP contribution is -2.48. The molecule has 1 aliphatic carbocycles. The third kappa shape index (κ3) is 3.87. The summed E-state index contributed by atoms with van der Waals surface area (Å²) in [6, 6.07) is -0.00748. The van der Waals surface area contributed by atoms with Gasteiger partial charge in [-0.3, -0.25) is 0 Å². The van der Waals surface area contributed by atoms with Crippen molar-refractivity contribution in [1.82, 2.24) is 5.32 Å². The van der Waals surface area contributed by atoms with E-state index in [-0.39, 0.29) is 17.9 Å². The Balaban J connectivity index is 2.81. The van der Waals surface area contributed by atoms with Crippen molar-refractivity contribution in [3.05, 3.63) is 0 Å². The van der Waals surface area contributed by atoms with E-state index in [0.29, 0.717) is 12.8 Å². The molecule has 1 fully saturated rings. The van der Waals surface area contributed by atoms with Crippen LogP contribution >= 0.6 is 0 Å². The Morgan fingerprint density at radius 2 is 1.76 bits per heavy atom. The highest BCUT2D eigenvalue weighted by Gasteiger charge is 2.48. The van der Waals surface area contributed by atoms with Gasteiger partial charge in [0.05, 0.1) is 5.92 Å². The van der Waals surface area contributed by atoms with Crippen LogP contribution in [-0.4, -0.2) is 18.8 Å². The van der Waals surface area contributed by atoms with E-state index in [1.54, 1.807) is 0 Å². The van der Waals surface area contributed by atoms with Crippen molar-refractivity contribution < 1.29 is 13.2 Å². The largest absolute Gasteiger partial charge is 0.392 e. The molecule has 102 valence electrons. The lowest BCUT2D eigenvalue weighted by Gasteiger charge is -2.40. The van der Waals surface area contributed by atoms with Gasteiger partial charge in [0.2, 0.25) is 0 Å². The van der Waals surface area contributed by atoms with Gasteiger partial charge >= 0.3 is 6.18 Å². The lowest BCUT2D eigenvalue weighted by molar-refractivity contribution is -0.200. The molecule has 0 aromatic rings. The molecule has 1 aliphatic rings. The van der Waals surface area contributed by atoms with E-state index in [4.69, 9.17) is 0 Å². The van der Waals surface area contributed by atoms with Crippen LogP contribution in [0.5, 0.6) is 0 Å². The summed E-state index contributed by atoms with van der Waals surface area (Å²) in [6.07, 6.45) is -1.36. The zero-order valence-electron chi connectivity index (χ0n) is 11.0. The van der Waals surface area contributed by atoms with Gasteiger partial charge in [-0.05, 0) is 31.2 Å². The summed E-state index contributed by atoms with van der Waals surface area (Å²) < 4.78 is 39.1. The normalized spacial score (nSPS) is 28.4. The minimum atomic E-state index is -4.03. The van der Waals surface area contributed by atoms with Crippen molar-refractivity contribution in [3.8, 4) is 0 Å². The molecule has 0 spiro atoms. The van der Waals surface area contributed by atoms with Crippen LogP contribution in [-0.2, 0) is 0 Å². The van der Waals surface area contributed by atoms with Crippen LogP contribution in [0.2, 0.25) is 0 Å². The molecule has 0 amide bonds. The Labute approximate surface area is 102 Å². The molecule has 0 heterocycles. The topological polar surface area (TPSA) is 12.0 Å². The maximum atomic E-state index is 13.0. The Morgan fingerprint density at radius 1 is 1.18 bits per heavy atom. The van der Waals surface area contributed by atoms with Crippen LogP contribution in [0, 0.1) is 17.8 Å². The fraction of sp³-hybridized carbons (Fsp3) is 1.00. The summed E-state index contributed by atoms with van der Waals surface area (Å²) in [4.78, 5) is 0. The second-order valence-corrected chi connectivity index (χ2v) is 5.42. The summed E-state index contributed by atoms with van der Waals surface area (Å²) >= 11 is 0. The first-order chi connectivity index (χ1) is 7.88. The molecule has 0 aromatic carbocycles. The van der Waals surface area contributed by atoms with Crippen LogP contribution in [0.25, 0.3) is 0 Å². The highest BCUT2D eigenvalue weighted by Crippen LogP contribution is 2.43. The van der Waals surface area contributed by atoms with E-state index in [0.717, 1.165) is 19.4 Å². The summed E-state index contributed by atoms with van der Waals surface area (Å²) in [5.74, 6) is -1.10. The number of rotatable bonds is 4. The first kappa shape index (κ1) is 14.8. The van der Waals surface area contributed by atoms with Gasteiger partial charge in [0.1, 0.15) is 0 Å². The lowest BCUT2D eigenvalue weighted by atomic mass is 9.72. The third-order valence-electron chi connectivity index (χ3n) is 3.86. The van der Waals surface area contributed by atoms with Crippen LogP contribution in [0.4, 0.5) is 13.2 Å². The van der Waals surface area contributed by atoms with Crippen LogP contribution < -0.4 is 5.32 Å². The van der Waals surface area contributed by atoms with Gasteiger partial charge in [0.25, 0.3) is 0 Å². The summed E-state index contributed by atoms with van der Waals surface area (Å²) in [5.41, 5.74) is 0. The molecule has 1 saturated carbocycles. The van der Waals surface area contributed by atoms with Crippen molar-refractivity contribution in [3.63, 3.8) is 0 Å². The molecular weight excluding hydrogens is 227 g/mol. The fourth-order valence-corrected chi connectivity index (χ4v) is 3.11. The smallest absolute Gasteiger partial charge is 0.314 e. The molecule has 0 aromatic heterocycles. The molecule has 4 heteroatoms. The van der Waals surface area contributed by atoms with E-state index in [2.05, 4.69) is 5.32 Å². The molecule has 1 N–H and O–H groups in total. The van der Waals surface area contributed by atoms with E-state index >= 15 is 0 Å². The number of hydrogen-bond donors (Lipinski definition) is 1. The summed E-state index contributed by atoms with van der Waals surface area (Å²) in [6.45, 7) is 6.72. The van der Waals surface area contributed by atoms with Gasteiger partial charge in [-0.2, -0.15) is 13.2 Å². The number of hydrogen-bond acceptors (Lipinski definition) is 1.